The van der Waals surface area contributed by atoms with Crippen molar-refractivity contribution in [1.29, 1.82) is 0 Å². The van der Waals surface area contributed by atoms with Gasteiger partial charge in [0.1, 0.15) is 5.82 Å². The number of carbonyl (C=O) groups excluding carboxylic acids is 1. The Hall–Kier alpha value is -2.51. The Morgan fingerprint density at radius 2 is 1.89 bits per heavy atom. The van der Waals surface area contributed by atoms with Crippen LogP contribution in [0.15, 0.2) is 74.6 Å². The normalized spacial score (nSPS) is 11.1. The molecule has 2 aromatic heterocycles. The number of hydrogen-bond acceptors (Lipinski definition) is 3. The molecular weight excluding hydrogens is 443 g/mol. The largest absolute Gasteiger partial charge is 0.444 e. The standard InChI is InChI=1S/C21H16BrFN2O2S/c22-18-10-9-17(27-18)21(26)24-11-12-28-20-15-3-1-2-4-16(15)25-19(20)13-5-7-14(23)8-6-13/h1-10,25H,11-12H2,(H,24,26). The van der Waals surface area contributed by atoms with Crippen LogP contribution in [0.1, 0.15) is 10.6 Å². The third kappa shape index (κ3) is 4.00. The summed E-state index contributed by atoms with van der Waals surface area (Å²) >= 11 is 4.83. The fourth-order valence-electron chi connectivity index (χ4n) is 2.93. The summed E-state index contributed by atoms with van der Waals surface area (Å²) in [6.07, 6.45) is 0. The molecule has 0 bridgehead atoms. The van der Waals surface area contributed by atoms with Gasteiger partial charge in [-0.3, -0.25) is 4.79 Å². The van der Waals surface area contributed by atoms with E-state index in [1.54, 1.807) is 36.0 Å². The molecule has 28 heavy (non-hydrogen) atoms. The molecule has 2 aromatic carbocycles. The number of para-hydroxylation sites is 1. The summed E-state index contributed by atoms with van der Waals surface area (Å²) < 4.78 is 19.1. The van der Waals surface area contributed by atoms with Crippen molar-refractivity contribution < 1.29 is 13.6 Å². The summed E-state index contributed by atoms with van der Waals surface area (Å²) in [5.74, 6) is 0.449. The maximum atomic E-state index is 13.3. The summed E-state index contributed by atoms with van der Waals surface area (Å²) in [6, 6.07) is 17.8. The number of furan rings is 1. The lowest BCUT2D eigenvalue weighted by molar-refractivity contribution is 0.0927. The highest BCUT2D eigenvalue weighted by molar-refractivity contribution is 9.10. The summed E-state index contributed by atoms with van der Waals surface area (Å²) in [4.78, 5) is 16.6. The maximum absolute atomic E-state index is 13.3. The van der Waals surface area contributed by atoms with Crippen LogP contribution in [0, 0.1) is 5.82 Å². The van der Waals surface area contributed by atoms with Crippen LogP contribution in [0.5, 0.6) is 0 Å². The van der Waals surface area contributed by atoms with Crippen molar-refractivity contribution in [2.75, 3.05) is 12.3 Å². The smallest absolute Gasteiger partial charge is 0.287 e. The zero-order valence-electron chi connectivity index (χ0n) is 14.7. The molecule has 4 nitrogen and oxygen atoms in total. The summed E-state index contributed by atoms with van der Waals surface area (Å²) in [6.45, 7) is 0.490. The quantitative estimate of drug-likeness (QED) is 0.281. The number of hydrogen-bond donors (Lipinski definition) is 2. The van der Waals surface area contributed by atoms with Gasteiger partial charge < -0.3 is 14.7 Å². The number of rotatable bonds is 6. The number of H-pyrrole nitrogens is 1. The first-order valence-corrected chi connectivity index (χ1v) is 10.4. The lowest BCUT2D eigenvalue weighted by Gasteiger charge is -2.06. The zero-order chi connectivity index (χ0) is 19.5. The van der Waals surface area contributed by atoms with Gasteiger partial charge >= 0.3 is 0 Å². The van der Waals surface area contributed by atoms with Crippen molar-refractivity contribution in [3.8, 4) is 11.3 Å². The molecule has 4 aromatic rings. The van der Waals surface area contributed by atoms with E-state index in [0.29, 0.717) is 17.0 Å². The first-order chi connectivity index (χ1) is 13.6. The third-order valence-electron chi connectivity index (χ3n) is 4.22. The average Bonchev–Trinajstić information content (AvgIpc) is 3.29. The Labute approximate surface area is 173 Å². The molecule has 0 saturated heterocycles. The van der Waals surface area contributed by atoms with E-state index in [1.807, 2.05) is 18.2 Å². The number of carbonyl (C=O) groups is 1. The van der Waals surface area contributed by atoms with E-state index in [-0.39, 0.29) is 17.5 Å². The fraction of sp³-hybridized carbons (Fsp3) is 0.0952. The van der Waals surface area contributed by atoms with E-state index in [1.165, 1.54) is 12.1 Å². The first kappa shape index (κ1) is 18.8. The van der Waals surface area contributed by atoms with Gasteiger partial charge in [-0.15, -0.1) is 11.8 Å². The van der Waals surface area contributed by atoms with Gasteiger partial charge in [-0.1, -0.05) is 18.2 Å². The lowest BCUT2D eigenvalue weighted by atomic mass is 10.1. The number of fused-ring (bicyclic) bond motifs is 1. The molecule has 0 aliphatic carbocycles. The minimum Gasteiger partial charge on any atom is -0.444 e. The predicted octanol–water partition coefficient (Wildman–Crippen LogP) is 5.85. The van der Waals surface area contributed by atoms with E-state index in [0.717, 1.165) is 27.1 Å². The number of amides is 1. The van der Waals surface area contributed by atoms with E-state index in [2.05, 4.69) is 32.3 Å². The van der Waals surface area contributed by atoms with Crippen molar-refractivity contribution in [2.24, 2.45) is 0 Å². The molecule has 0 fully saturated rings. The van der Waals surface area contributed by atoms with Crippen LogP contribution in [-0.4, -0.2) is 23.2 Å². The van der Waals surface area contributed by atoms with Crippen molar-refractivity contribution >= 4 is 44.5 Å². The lowest BCUT2D eigenvalue weighted by Crippen LogP contribution is -2.25. The van der Waals surface area contributed by atoms with Gasteiger partial charge in [0.05, 0.1) is 5.69 Å². The Morgan fingerprint density at radius 1 is 1.11 bits per heavy atom. The second kappa shape index (κ2) is 8.24. The summed E-state index contributed by atoms with van der Waals surface area (Å²) in [7, 11) is 0. The number of benzene rings is 2. The minimum atomic E-state index is -0.263. The van der Waals surface area contributed by atoms with Crippen LogP contribution < -0.4 is 5.32 Å². The maximum Gasteiger partial charge on any atom is 0.287 e. The van der Waals surface area contributed by atoms with Crippen molar-refractivity contribution in [3.63, 3.8) is 0 Å². The van der Waals surface area contributed by atoms with Crippen LogP contribution in [0.3, 0.4) is 0 Å². The predicted molar refractivity (Wildman–Crippen MR) is 113 cm³/mol. The van der Waals surface area contributed by atoms with E-state index < -0.39 is 0 Å². The highest BCUT2D eigenvalue weighted by Gasteiger charge is 2.14. The Kier molecular flexibility index (Phi) is 5.54. The van der Waals surface area contributed by atoms with Gasteiger partial charge in [0, 0.05) is 28.1 Å². The molecule has 1 amide bonds. The molecule has 0 radical (unpaired) electrons. The molecule has 0 saturated carbocycles. The van der Waals surface area contributed by atoms with Crippen LogP contribution in [-0.2, 0) is 0 Å². The average molecular weight is 459 g/mol. The summed E-state index contributed by atoms with van der Waals surface area (Å²) in [5, 5.41) is 3.96. The minimum absolute atomic E-state index is 0.246. The molecule has 142 valence electrons. The Morgan fingerprint density at radius 3 is 2.64 bits per heavy atom. The topological polar surface area (TPSA) is 58.0 Å². The van der Waals surface area contributed by atoms with Crippen LogP contribution in [0.2, 0.25) is 0 Å². The second-order valence-corrected chi connectivity index (χ2v) is 7.98. The van der Waals surface area contributed by atoms with Gasteiger partial charge in [0.25, 0.3) is 5.91 Å². The zero-order valence-corrected chi connectivity index (χ0v) is 17.1. The van der Waals surface area contributed by atoms with E-state index in [4.69, 9.17) is 4.42 Å². The molecular formula is C21H16BrFN2O2S. The van der Waals surface area contributed by atoms with E-state index in [9.17, 15) is 9.18 Å². The van der Waals surface area contributed by atoms with Gasteiger partial charge in [-0.25, -0.2) is 4.39 Å². The third-order valence-corrected chi connectivity index (χ3v) is 5.77. The molecule has 0 unspecified atom stereocenters. The fourth-order valence-corrected chi connectivity index (χ4v) is 4.29. The van der Waals surface area contributed by atoms with E-state index >= 15 is 0 Å². The van der Waals surface area contributed by atoms with Crippen LogP contribution >= 0.6 is 27.7 Å². The molecule has 2 heterocycles. The SMILES string of the molecule is O=C(NCCSc1c(-c2ccc(F)cc2)[nH]c2ccccc12)c1ccc(Br)o1. The van der Waals surface area contributed by atoms with Crippen molar-refractivity contribution in [1.82, 2.24) is 10.3 Å². The van der Waals surface area contributed by atoms with Gasteiger partial charge in [-0.05, 0) is 64.0 Å². The van der Waals surface area contributed by atoms with Gasteiger partial charge in [0.15, 0.2) is 10.4 Å². The first-order valence-electron chi connectivity index (χ1n) is 8.65. The van der Waals surface area contributed by atoms with Crippen LogP contribution in [0.4, 0.5) is 4.39 Å². The van der Waals surface area contributed by atoms with Gasteiger partial charge in [0.2, 0.25) is 0 Å². The second-order valence-electron chi connectivity index (χ2n) is 6.09. The highest BCUT2D eigenvalue weighted by atomic mass is 79.9. The Balaban J connectivity index is 1.50. The number of aromatic amines is 1. The number of thioether (sulfide) groups is 1. The van der Waals surface area contributed by atoms with Gasteiger partial charge in [-0.2, -0.15) is 0 Å². The summed E-state index contributed by atoms with van der Waals surface area (Å²) in [5.41, 5.74) is 2.89. The molecule has 4 rings (SSSR count). The van der Waals surface area contributed by atoms with Crippen LogP contribution in [0.25, 0.3) is 22.2 Å². The molecule has 7 heteroatoms. The monoisotopic (exact) mass is 458 g/mol. The molecule has 0 aliphatic rings. The molecule has 0 atom stereocenters. The number of aromatic nitrogens is 1. The molecule has 2 N–H and O–H groups in total. The molecule has 0 spiro atoms. The molecule has 0 aliphatic heterocycles. The number of nitrogens with one attached hydrogen (secondary N) is 2. The van der Waals surface area contributed by atoms with Crippen molar-refractivity contribution in [3.05, 3.63) is 76.9 Å². The highest BCUT2D eigenvalue weighted by Crippen LogP contribution is 2.37. The number of halogens is 2. The Bertz CT molecular complexity index is 1120. The van der Waals surface area contributed by atoms with Crippen molar-refractivity contribution in [2.45, 2.75) is 4.90 Å².